The molecule has 0 radical (unpaired) electrons. The molecule has 8 heteroatoms. The maximum absolute atomic E-state index is 13.9. The lowest BCUT2D eigenvalue weighted by Gasteiger charge is -2.12. The van der Waals surface area contributed by atoms with E-state index < -0.39 is 5.82 Å². The molecule has 0 bridgehead atoms. The fourth-order valence-corrected chi connectivity index (χ4v) is 3.70. The predicted molar refractivity (Wildman–Crippen MR) is 128 cm³/mol. The van der Waals surface area contributed by atoms with Gasteiger partial charge in [0.05, 0.1) is 5.56 Å². The van der Waals surface area contributed by atoms with Gasteiger partial charge in [-0.15, -0.1) is 0 Å². The lowest BCUT2D eigenvalue weighted by Crippen LogP contribution is -2.02. The van der Waals surface area contributed by atoms with E-state index in [1.807, 2.05) is 24.3 Å². The van der Waals surface area contributed by atoms with E-state index in [0.29, 0.717) is 28.1 Å². The fourth-order valence-electron chi connectivity index (χ4n) is 3.06. The second-order valence-corrected chi connectivity index (χ2v) is 8.25. The standard InChI is InChI=1S/C24H20ClFN4OS/c1-32-14-17-3-2-4-20(11-17)29-24-28-15-27-23(30-24)21-10-9-19(26)12-22(21)31-13-16-5-7-18(25)8-6-16/h2-12,15H,13-14H2,1H3,(H,27,28,29,30). The van der Waals surface area contributed by atoms with Crippen molar-refractivity contribution in [1.82, 2.24) is 15.0 Å². The van der Waals surface area contributed by atoms with E-state index in [1.54, 1.807) is 30.0 Å². The maximum atomic E-state index is 13.9. The third kappa shape index (κ3) is 5.75. The number of hydrogen-bond donors (Lipinski definition) is 1. The van der Waals surface area contributed by atoms with E-state index >= 15 is 0 Å². The molecule has 162 valence electrons. The van der Waals surface area contributed by atoms with Gasteiger partial charge in [0.2, 0.25) is 5.95 Å². The number of thioether (sulfide) groups is 1. The maximum Gasteiger partial charge on any atom is 0.230 e. The van der Waals surface area contributed by atoms with Gasteiger partial charge in [-0.2, -0.15) is 16.7 Å². The normalized spacial score (nSPS) is 10.7. The number of rotatable bonds is 8. The van der Waals surface area contributed by atoms with E-state index in [9.17, 15) is 4.39 Å². The van der Waals surface area contributed by atoms with Gasteiger partial charge in [-0.3, -0.25) is 0 Å². The first-order valence-electron chi connectivity index (χ1n) is 9.82. The summed E-state index contributed by atoms with van der Waals surface area (Å²) in [6.45, 7) is 0.256. The Morgan fingerprint density at radius 2 is 1.84 bits per heavy atom. The molecule has 3 aromatic carbocycles. The highest BCUT2D eigenvalue weighted by Gasteiger charge is 2.13. The highest BCUT2D eigenvalue weighted by molar-refractivity contribution is 7.97. The van der Waals surface area contributed by atoms with Crippen molar-refractivity contribution in [2.45, 2.75) is 12.4 Å². The quantitative estimate of drug-likeness (QED) is 0.319. The zero-order valence-electron chi connectivity index (χ0n) is 17.3. The van der Waals surface area contributed by atoms with Crippen molar-refractivity contribution >= 4 is 35.0 Å². The molecule has 0 aliphatic carbocycles. The molecule has 0 aliphatic rings. The van der Waals surface area contributed by atoms with Crippen LogP contribution in [0.15, 0.2) is 73.1 Å². The Labute approximate surface area is 195 Å². The topological polar surface area (TPSA) is 59.9 Å². The number of nitrogens with one attached hydrogen (secondary N) is 1. The number of hydrogen-bond acceptors (Lipinski definition) is 6. The van der Waals surface area contributed by atoms with Gasteiger partial charge in [0.1, 0.15) is 24.5 Å². The van der Waals surface area contributed by atoms with E-state index in [0.717, 1.165) is 17.0 Å². The number of benzene rings is 3. The number of aromatic nitrogens is 3. The van der Waals surface area contributed by atoms with Crippen LogP contribution in [0.1, 0.15) is 11.1 Å². The van der Waals surface area contributed by atoms with E-state index in [2.05, 4.69) is 38.7 Å². The van der Waals surface area contributed by atoms with Gasteiger partial charge in [0.15, 0.2) is 5.82 Å². The summed E-state index contributed by atoms with van der Waals surface area (Å²) in [5.74, 6) is 1.64. The van der Waals surface area contributed by atoms with Gasteiger partial charge in [0, 0.05) is 22.5 Å². The third-order valence-corrected chi connectivity index (χ3v) is 5.43. The number of anilines is 2. The van der Waals surface area contributed by atoms with Crippen LogP contribution in [0.3, 0.4) is 0 Å². The first-order chi connectivity index (χ1) is 15.6. The Morgan fingerprint density at radius 1 is 1.00 bits per heavy atom. The van der Waals surface area contributed by atoms with Crippen LogP contribution in [0.4, 0.5) is 16.0 Å². The molecular weight excluding hydrogens is 447 g/mol. The molecule has 1 heterocycles. The summed E-state index contributed by atoms with van der Waals surface area (Å²) < 4.78 is 19.8. The van der Waals surface area contributed by atoms with Crippen molar-refractivity contribution in [3.05, 3.63) is 95.0 Å². The second-order valence-electron chi connectivity index (χ2n) is 6.95. The third-order valence-electron chi connectivity index (χ3n) is 4.56. The molecule has 4 rings (SSSR count). The minimum absolute atomic E-state index is 0.256. The zero-order chi connectivity index (χ0) is 22.3. The summed E-state index contributed by atoms with van der Waals surface area (Å²) >= 11 is 7.69. The van der Waals surface area contributed by atoms with Gasteiger partial charge in [-0.05, 0) is 53.8 Å². The van der Waals surface area contributed by atoms with Crippen LogP contribution >= 0.6 is 23.4 Å². The Morgan fingerprint density at radius 3 is 2.66 bits per heavy atom. The van der Waals surface area contributed by atoms with Gasteiger partial charge in [-0.25, -0.2) is 14.4 Å². The van der Waals surface area contributed by atoms with Crippen molar-refractivity contribution in [2.75, 3.05) is 11.6 Å². The molecule has 0 saturated heterocycles. The Kier molecular flexibility index (Phi) is 7.19. The molecule has 0 spiro atoms. The monoisotopic (exact) mass is 466 g/mol. The number of nitrogens with zero attached hydrogens (tertiary/aromatic N) is 3. The van der Waals surface area contributed by atoms with Gasteiger partial charge >= 0.3 is 0 Å². The van der Waals surface area contributed by atoms with Crippen molar-refractivity contribution in [1.29, 1.82) is 0 Å². The van der Waals surface area contributed by atoms with Crippen LogP contribution < -0.4 is 10.1 Å². The van der Waals surface area contributed by atoms with Gasteiger partial charge in [-0.1, -0.05) is 35.9 Å². The lowest BCUT2D eigenvalue weighted by atomic mass is 10.1. The molecule has 0 aliphatic heterocycles. The molecule has 32 heavy (non-hydrogen) atoms. The van der Waals surface area contributed by atoms with E-state index in [1.165, 1.54) is 24.0 Å². The Hall–Kier alpha value is -3.16. The molecule has 1 aromatic heterocycles. The van der Waals surface area contributed by atoms with E-state index in [4.69, 9.17) is 16.3 Å². The van der Waals surface area contributed by atoms with Gasteiger partial charge < -0.3 is 10.1 Å². The summed E-state index contributed by atoms with van der Waals surface area (Å²) in [4.78, 5) is 13.0. The minimum atomic E-state index is -0.405. The van der Waals surface area contributed by atoms with Crippen LogP contribution in [0.5, 0.6) is 5.75 Å². The predicted octanol–water partition coefficient (Wildman–Crippen LogP) is 6.52. The van der Waals surface area contributed by atoms with Crippen molar-refractivity contribution in [3.8, 4) is 17.1 Å². The van der Waals surface area contributed by atoms with Gasteiger partial charge in [0.25, 0.3) is 0 Å². The average molecular weight is 467 g/mol. The fraction of sp³-hybridized carbons (Fsp3) is 0.125. The Balaban J connectivity index is 1.57. The molecule has 1 N–H and O–H groups in total. The average Bonchev–Trinajstić information content (AvgIpc) is 2.79. The zero-order valence-corrected chi connectivity index (χ0v) is 18.8. The molecule has 0 saturated carbocycles. The summed E-state index contributed by atoms with van der Waals surface area (Å²) in [7, 11) is 0. The Bertz CT molecular complexity index is 1210. The second kappa shape index (κ2) is 10.4. The van der Waals surface area contributed by atoms with Crippen molar-refractivity contribution in [2.24, 2.45) is 0 Å². The van der Waals surface area contributed by atoms with Crippen LogP contribution in [0.2, 0.25) is 5.02 Å². The summed E-state index contributed by atoms with van der Waals surface area (Å²) in [5, 5.41) is 3.85. The first-order valence-corrected chi connectivity index (χ1v) is 11.6. The molecule has 0 atom stereocenters. The molecule has 0 amide bonds. The first kappa shape index (κ1) is 22.0. The van der Waals surface area contributed by atoms with Crippen molar-refractivity contribution in [3.63, 3.8) is 0 Å². The number of ether oxygens (including phenoxy) is 1. The smallest absolute Gasteiger partial charge is 0.230 e. The van der Waals surface area contributed by atoms with Crippen LogP contribution in [0, 0.1) is 5.82 Å². The summed E-state index contributed by atoms with van der Waals surface area (Å²) in [5.41, 5.74) is 3.56. The van der Waals surface area contributed by atoms with Crippen LogP contribution in [-0.4, -0.2) is 21.2 Å². The van der Waals surface area contributed by atoms with Crippen LogP contribution in [0.25, 0.3) is 11.4 Å². The summed E-state index contributed by atoms with van der Waals surface area (Å²) in [6.07, 6.45) is 3.48. The van der Waals surface area contributed by atoms with Crippen molar-refractivity contribution < 1.29 is 9.13 Å². The molecule has 5 nitrogen and oxygen atoms in total. The molecule has 4 aromatic rings. The molecular formula is C24H20ClFN4OS. The minimum Gasteiger partial charge on any atom is -0.488 e. The molecule has 0 unspecified atom stereocenters. The highest BCUT2D eigenvalue weighted by atomic mass is 35.5. The SMILES string of the molecule is CSCc1cccc(Nc2ncnc(-c3ccc(F)cc3OCc3ccc(Cl)cc3)n2)c1. The molecule has 0 fully saturated rings. The summed E-state index contributed by atoms with van der Waals surface area (Å²) in [6, 6.07) is 19.6. The van der Waals surface area contributed by atoms with Crippen LogP contribution in [-0.2, 0) is 12.4 Å². The largest absolute Gasteiger partial charge is 0.488 e. The van der Waals surface area contributed by atoms with E-state index in [-0.39, 0.29) is 6.61 Å². The lowest BCUT2D eigenvalue weighted by molar-refractivity contribution is 0.306. The number of halogens is 2. The highest BCUT2D eigenvalue weighted by Crippen LogP contribution is 2.30.